The van der Waals surface area contributed by atoms with Crippen LogP contribution < -0.4 is 0 Å². The number of rotatable bonds is 1. The summed E-state index contributed by atoms with van der Waals surface area (Å²) in [6.45, 7) is 0. The summed E-state index contributed by atoms with van der Waals surface area (Å²) in [5.41, 5.74) is 0.449. The van der Waals surface area contributed by atoms with Crippen molar-refractivity contribution < 1.29 is 13.9 Å². The van der Waals surface area contributed by atoms with E-state index in [9.17, 15) is 9.18 Å². The van der Waals surface area contributed by atoms with E-state index in [1.165, 1.54) is 6.07 Å². The van der Waals surface area contributed by atoms with E-state index in [2.05, 4.69) is 15.9 Å². The van der Waals surface area contributed by atoms with Gasteiger partial charge in [0.2, 0.25) is 0 Å². The van der Waals surface area contributed by atoms with E-state index in [0.717, 1.165) is 4.47 Å². The van der Waals surface area contributed by atoms with Crippen LogP contribution in [0.2, 0.25) is 0 Å². The molecule has 1 fully saturated rings. The summed E-state index contributed by atoms with van der Waals surface area (Å²) in [5.74, 6) is -0.581. The molecule has 1 atom stereocenters. The lowest BCUT2D eigenvalue weighted by molar-refractivity contribution is -0.141. The molecule has 14 heavy (non-hydrogen) atoms. The standard InChI is InChI=1S/C10H8BrFO2/c11-6-1-2-8(12)7(5-6)9-3-4-10(13)14-9/h1-2,5,9H,3-4H2. The molecule has 74 valence electrons. The zero-order chi connectivity index (χ0) is 10.1. The first-order valence-corrected chi connectivity index (χ1v) is 5.10. The molecule has 1 aromatic carbocycles. The molecule has 0 spiro atoms. The molecule has 1 saturated heterocycles. The van der Waals surface area contributed by atoms with Crippen molar-refractivity contribution in [2.24, 2.45) is 0 Å². The van der Waals surface area contributed by atoms with Gasteiger partial charge < -0.3 is 4.74 Å². The highest BCUT2D eigenvalue weighted by Crippen LogP contribution is 2.32. The SMILES string of the molecule is O=C1CCC(c2cc(Br)ccc2F)O1. The van der Waals surface area contributed by atoms with Crippen molar-refractivity contribution in [3.8, 4) is 0 Å². The molecule has 4 heteroatoms. The molecule has 0 saturated carbocycles. The van der Waals surface area contributed by atoms with Gasteiger partial charge in [-0.2, -0.15) is 0 Å². The topological polar surface area (TPSA) is 26.3 Å². The maximum Gasteiger partial charge on any atom is 0.306 e. The molecular formula is C10H8BrFO2. The van der Waals surface area contributed by atoms with Crippen LogP contribution in [-0.2, 0) is 9.53 Å². The minimum Gasteiger partial charge on any atom is -0.457 e. The lowest BCUT2D eigenvalue weighted by atomic mass is 10.1. The molecule has 1 heterocycles. The van der Waals surface area contributed by atoms with Gasteiger partial charge >= 0.3 is 5.97 Å². The van der Waals surface area contributed by atoms with Crippen LogP contribution in [0.5, 0.6) is 0 Å². The summed E-state index contributed by atoms with van der Waals surface area (Å²) >= 11 is 3.25. The van der Waals surface area contributed by atoms with Crippen molar-refractivity contribution in [3.05, 3.63) is 34.1 Å². The fourth-order valence-electron chi connectivity index (χ4n) is 1.51. The summed E-state index contributed by atoms with van der Waals surface area (Å²) in [7, 11) is 0. The molecule has 0 amide bonds. The Morgan fingerprint density at radius 1 is 1.50 bits per heavy atom. The monoisotopic (exact) mass is 258 g/mol. The molecule has 0 radical (unpaired) electrons. The Kier molecular flexibility index (Phi) is 2.54. The molecule has 0 aliphatic carbocycles. The maximum atomic E-state index is 13.3. The smallest absolute Gasteiger partial charge is 0.306 e. The highest BCUT2D eigenvalue weighted by molar-refractivity contribution is 9.10. The van der Waals surface area contributed by atoms with Crippen LogP contribution >= 0.6 is 15.9 Å². The van der Waals surface area contributed by atoms with Crippen molar-refractivity contribution >= 4 is 21.9 Å². The first-order valence-electron chi connectivity index (χ1n) is 4.31. The van der Waals surface area contributed by atoms with Gasteiger partial charge in [0.1, 0.15) is 11.9 Å². The lowest BCUT2D eigenvalue weighted by Gasteiger charge is -2.10. The van der Waals surface area contributed by atoms with E-state index in [4.69, 9.17) is 4.74 Å². The molecule has 2 rings (SSSR count). The molecule has 1 aliphatic heterocycles. The molecule has 1 aromatic rings. The van der Waals surface area contributed by atoms with Crippen LogP contribution in [0.1, 0.15) is 24.5 Å². The van der Waals surface area contributed by atoms with Crippen LogP contribution in [0.4, 0.5) is 4.39 Å². The second-order valence-corrected chi connectivity index (χ2v) is 4.10. The number of cyclic esters (lactones) is 1. The van der Waals surface area contributed by atoms with Crippen LogP contribution in [-0.4, -0.2) is 5.97 Å². The van der Waals surface area contributed by atoms with Crippen LogP contribution in [0.15, 0.2) is 22.7 Å². The fourth-order valence-corrected chi connectivity index (χ4v) is 1.88. The van der Waals surface area contributed by atoms with E-state index in [1.54, 1.807) is 12.1 Å². The van der Waals surface area contributed by atoms with Gasteiger partial charge in [0.25, 0.3) is 0 Å². The number of hydrogen-bond donors (Lipinski definition) is 0. The predicted molar refractivity (Wildman–Crippen MR) is 52.2 cm³/mol. The van der Waals surface area contributed by atoms with Gasteiger partial charge in [-0.1, -0.05) is 15.9 Å². The van der Waals surface area contributed by atoms with Gasteiger partial charge in [0.15, 0.2) is 0 Å². The summed E-state index contributed by atoms with van der Waals surface area (Å²) in [5, 5.41) is 0. The molecule has 1 unspecified atom stereocenters. The van der Waals surface area contributed by atoms with Gasteiger partial charge in [-0.15, -0.1) is 0 Å². The third-order valence-electron chi connectivity index (χ3n) is 2.19. The van der Waals surface area contributed by atoms with Crippen molar-refractivity contribution in [1.82, 2.24) is 0 Å². The molecule has 0 bridgehead atoms. The number of esters is 1. The molecule has 0 N–H and O–H groups in total. The quantitative estimate of drug-likeness (QED) is 0.725. The van der Waals surface area contributed by atoms with E-state index in [-0.39, 0.29) is 11.8 Å². The summed E-state index contributed by atoms with van der Waals surface area (Å²) in [6, 6.07) is 4.64. The predicted octanol–water partition coefficient (Wildman–Crippen LogP) is 2.97. The largest absolute Gasteiger partial charge is 0.457 e. The van der Waals surface area contributed by atoms with E-state index >= 15 is 0 Å². The van der Waals surface area contributed by atoms with Crippen molar-refractivity contribution in [2.75, 3.05) is 0 Å². The van der Waals surface area contributed by atoms with E-state index < -0.39 is 6.10 Å². The van der Waals surface area contributed by atoms with E-state index in [1.807, 2.05) is 0 Å². The average molecular weight is 259 g/mol. The average Bonchev–Trinajstić information content (AvgIpc) is 2.56. The highest BCUT2D eigenvalue weighted by atomic mass is 79.9. The Morgan fingerprint density at radius 2 is 2.29 bits per heavy atom. The number of carbonyl (C=O) groups is 1. The second kappa shape index (κ2) is 3.69. The molecule has 2 nitrogen and oxygen atoms in total. The first kappa shape index (κ1) is 9.65. The van der Waals surface area contributed by atoms with Crippen LogP contribution in [0.3, 0.4) is 0 Å². The summed E-state index contributed by atoms with van der Waals surface area (Å²) in [4.78, 5) is 10.9. The summed E-state index contributed by atoms with van der Waals surface area (Å²) in [6.07, 6.45) is 0.517. The van der Waals surface area contributed by atoms with Gasteiger partial charge in [-0.25, -0.2) is 4.39 Å². The number of benzene rings is 1. The Hall–Kier alpha value is -0.900. The third-order valence-corrected chi connectivity index (χ3v) is 2.68. The molecule has 1 aliphatic rings. The van der Waals surface area contributed by atoms with Crippen LogP contribution in [0.25, 0.3) is 0 Å². The third kappa shape index (κ3) is 1.80. The summed E-state index contributed by atoms with van der Waals surface area (Å²) < 4.78 is 19.1. The lowest BCUT2D eigenvalue weighted by Crippen LogP contribution is -2.01. The van der Waals surface area contributed by atoms with Crippen LogP contribution in [0, 0.1) is 5.82 Å². The maximum absolute atomic E-state index is 13.3. The normalized spacial score (nSPS) is 21.0. The Balaban J connectivity index is 2.31. The zero-order valence-corrected chi connectivity index (χ0v) is 8.88. The van der Waals surface area contributed by atoms with Crippen molar-refractivity contribution in [2.45, 2.75) is 18.9 Å². The van der Waals surface area contributed by atoms with E-state index in [0.29, 0.717) is 18.4 Å². The molecule has 0 aromatic heterocycles. The Labute approximate surface area is 89.2 Å². The highest BCUT2D eigenvalue weighted by Gasteiger charge is 2.27. The Bertz CT molecular complexity index is 378. The van der Waals surface area contributed by atoms with Gasteiger partial charge in [-0.3, -0.25) is 4.79 Å². The Morgan fingerprint density at radius 3 is 2.93 bits per heavy atom. The van der Waals surface area contributed by atoms with Gasteiger partial charge in [0, 0.05) is 16.5 Å². The van der Waals surface area contributed by atoms with Gasteiger partial charge in [0.05, 0.1) is 0 Å². The number of hydrogen-bond acceptors (Lipinski definition) is 2. The first-order chi connectivity index (χ1) is 6.66. The molecular weight excluding hydrogens is 251 g/mol. The fraction of sp³-hybridized carbons (Fsp3) is 0.300. The minimum atomic E-state index is -0.417. The minimum absolute atomic E-state index is 0.255. The number of carbonyl (C=O) groups excluding carboxylic acids is 1. The second-order valence-electron chi connectivity index (χ2n) is 3.18. The zero-order valence-electron chi connectivity index (χ0n) is 7.30. The number of halogens is 2. The van der Waals surface area contributed by atoms with Crippen molar-refractivity contribution in [3.63, 3.8) is 0 Å². The van der Waals surface area contributed by atoms with Gasteiger partial charge in [-0.05, 0) is 24.6 Å². The van der Waals surface area contributed by atoms with Crippen molar-refractivity contribution in [1.29, 1.82) is 0 Å². The number of ether oxygens (including phenoxy) is 1.